The van der Waals surface area contributed by atoms with Gasteiger partial charge in [0.15, 0.2) is 5.82 Å². The number of rotatable bonds is 2. The van der Waals surface area contributed by atoms with Gasteiger partial charge >= 0.3 is 0 Å². The molecule has 0 fully saturated rings. The monoisotopic (exact) mass is 263 g/mol. The topological polar surface area (TPSA) is 39.9 Å². The summed E-state index contributed by atoms with van der Waals surface area (Å²) in [5.41, 5.74) is 2.25. The molecule has 0 unspecified atom stereocenters. The molecule has 0 saturated carbocycles. The second-order valence-corrected chi connectivity index (χ2v) is 4.79. The largest absolute Gasteiger partial charge is 0.483 e. The molecule has 2 heterocycles. The molecule has 0 saturated heterocycles. The molecule has 0 atom stereocenters. The zero-order chi connectivity index (χ0) is 13.4. The summed E-state index contributed by atoms with van der Waals surface area (Å²) in [6.45, 7) is 0.471. The van der Waals surface area contributed by atoms with E-state index in [2.05, 4.69) is 26.9 Å². The van der Waals surface area contributed by atoms with Gasteiger partial charge in [-0.2, -0.15) is 0 Å². The van der Waals surface area contributed by atoms with Crippen LogP contribution in [0.3, 0.4) is 0 Å². The van der Waals surface area contributed by atoms with Crippen LogP contribution in [-0.4, -0.2) is 14.8 Å². The van der Waals surface area contributed by atoms with Crippen molar-refractivity contribution in [3.8, 4) is 11.4 Å². The minimum Gasteiger partial charge on any atom is -0.483 e. The average Bonchev–Trinajstić information content (AvgIpc) is 2.92. The minimum atomic E-state index is 0.471. The molecule has 0 aliphatic carbocycles. The number of hydrogen-bond donors (Lipinski definition) is 0. The number of fused-ring (bicyclic) bond motifs is 3. The maximum atomic E-state index is 5.69. The van der Waals surface area contributed by atoms with Gasteiger partial charge in [0.25, 0.3) is 0 Å². The predicted octanol–water partition coefficient (Wildman–Crippen LogP) is 2.75. The maximum Gasteiger partial charge on any atom is 0.175 e. The minimum absolute atomic E-state index is 0.471. The summed E-state index contributed by atoms with van der Waals surface area (Å²) >= 11 is 0. The molecule has 4 rings (SSSR count). The summed E-state index contributed by atoms with van der Waals surface area (Å²) in [5, 5.41) is 8.56. The van der Waals surface area contributed by atoms with Crippen molar-refractivity contribution in [1.82, 2.24) is 14.8 Å². The number of para-hydroxylation sites is 2. The molecule has 20 heavy (non-hydrogen) atoms. The Hall–Kier alpha value is -2.62. The van der Waals surface area contributed by atoms with Gasteiger partial charge in [0.2, 0.25) is 0 Å². The van der Waals surface area contributed by atoms with Gasteiger partial charge in [0, 0.05) is 6.42 Å². The summed E-state index contributed by atoms with van der Waals surface area (Å²) in [6, 6.07) is 18.3. The van der Waals surface area contributed by atoms with Crippen LogP contribution in [-0.2, 0) is 13.0 Å². The van der Waals surface area contributed by atoms with Crippen molar-refractivity contribution < 1.29 is 4.74 Å². The highest BCUT2D eigenvalue weighted by molar-refractivity contribution is 5.49. The Morgan fingerprint density at radius 3 is 2.65 bits per heavy atom. The first kappa shape index (κ1) is 11.2. The zero-order valence-corrected chi connectivity index (χ0v) is 10.9. The lowest BCUT2D eigenvalue weighted by molar-refractivity contribution is 0.278. The first-order valence-electron chi connectivity index (χ1n) is 6.61. The van der Waals surface area contributed by atoms with Gasteiger partial charge in [-0.15, -0.1) is 10.2 Å². The van der Waals surface area contributed by atoms with E-state index in [1.165, 1.54) is 5.56 Å². The highest BCUT2D eigenvalue weighted by Gasteiger charge is 2.21. The van der Waals surface area contributed by atoms with Gasteiger partial charge in [-0.25, -0.2) is 0 Å². The van der Waals surface area contributed by atoms with Gasteiger partial charge < -0.3 is 4.74 Å². The van der Waals surface area contributed by atoms with Crippen molar-refractivity contribution in [3.05, 3.63) is 71.8 Å². The Morgan fingerprint density at radius 1 is 0.950 bits per heavy atom. The molecule has 0 radical (unpaired) electrons. The first-order chi connectivity index (χ1) is 9.92. The third-order valence-corrected chi connectivity index (χ3v) is 3.47. The van der Waals surface area contributed by atoms with Crippen LogP contribution in [0.4, 0.5) is 0 Å². The fraction of sp³-hybridized carbons (Fsp3) is 0.125. The molecule has 1 aliphatic rings. The average molecular weight is 263 g/mol. The van der Waals surface area contributed by atoms with E-state index in [1.54, 1.807) is 0 Å². The summed E-state index contributed by atoms with van der Waals surface area (Å²) < 4.78 is 7.79. The van der Waals surface area contributed by atoms with Crippen LogP contribution in [0.5, 0.6) is 5.75 Å². The van der Waals surface area contributed by atoms with E-state index in [0.717, 1.165) is 29.5 Å². The molecule has 3 aromatic rings. The van der Waals surface area contributed by atoms with E-state index >= 15 is 0 Å². The van der Waals surface area contributed by atoms with Crippen LogP contribution >= 0.6 is 0 Å². The quantitative estimate of drug-likeness (QED) is 0.713. The Bertz CT molecular complexity index is 749. The van der Waals surface area contributed by atoms with E-state index in [4.69, 9.17) is 4.74 Å². The molecule has 98 valence electrons. The highest BCUT2D eigenvalue weighted by Crippen LogP contribution is 2.30. The first-order valence-corrected chi connectivity index (χ1v) is 6.61. The van der Waals surface area contributed by atoms with Crippen molar-refractivity contribution in [2.24, 2.45) is 0 Å². The van der Waals surface area contributed by atoms with Crippen LogP contribution in [0.1, 0.15) is 17.2 Å². The molecule has 1 aliphatic heterocycles. The van der Waals surface area contributed by atoms with E-state index in [1.807, 2.05) is 42.5 Å². The lowest BCUT2D eigenvalue weighted by Gasteiger charge is -2.19. The fourth-order valence-electron chi connectivity index (χ4n) is 2.52. The van der Waals surface area contributed by atoms with Crippen LogP contribution in [0.2, 0.25) is 0 Å². The number of aromatic nitrogens is 3. The Labute approximate surface area is 116 Å². The van der Waals surface area contributed by atoms with Crippen molar-refractivity contribution in [2.45, 2.75) is 13.0 Å². The second-order valence-electron chi connectivity index (χ2n) is 4.79. The van der Waals surface area contributed by atoms with Gasteiger partial charge in [0.1, 0.15) is 18.2 Å². The number of ether oxygens (including phenoxy) is 1. The Kier molecular flexibility index (Phi) is 2.52. The van der Waals surface area contributed by atoms with Crippen molar-refractivity contribution in [1.29, 1.82) is 0 Å². The molecule has 2 aromatic carbocycles. The molecule has 4 nitrogen and oxygen atoms in total. The molecule has 0 N–H and O–H groups in total. The van der Waals surface area contributed by atoms with Crippen LogP contribution < -0.4 is 4.74 Å². The van der Waals surface area contributed by atoms with E-state index in [-0.39, 0.29) is 0 Å². The van der Waals surface area contributed by atoms with Crippen molar-refractivity contribution >= 4 is 0 Å². The van der Waals surface area contributed by atoms with Crippen LogP contribution in [0, 0.1) is 0 Å². The van der Waals surface area contributed by atoms with Gasteiger partial charge in [-0.3, -0.25) is 4.57 Å². The van der Waals surface area contributed by atoms with Gasteiger partial charge in [-0.05, 0) is 17.7 Å². The molecular weight excluding hydrogens is 250 g/mol. The van der Waals surface area contributed by atoms with Crippen LogP contribution in [0.25, 0.3) is 5.69 Å². The Morgan fingerprint density at radius 2 is 1.75 bits per heavy atom. The standard InChI is InChI=1S/C16H13N3O/c1-2-6-12(7-3-1)10-15-17-18-16-11-20-14-9-5-4-8-13(14)19(15)16/h1-9H,10-11H2. The molecular formula is C16H13N3O. The number of benzene rings is 2. The molecule has 0 bridgehead atoms. The second kappa shape index (κ2) is 4.49. The van der Waals surface area contributed by atoms with Crippen molar-refractivity contribution in [3.63, 3.8) is 0 Å². The van der Waals surface area contributed by atoms with Gasteiger partial charge in [-0.1, -0.05) is 42.5 Å². The van der Waals surface area contributed by atoms with Gasteiger partial charge in [0.05, 0.1) is 5.69 Å². The molecule has 0 spiro atoms. The summed E-state index contributed by atoms with van der Waals surface area (Å²) in [4.78, 5) is 0. The third-order valence-electron chi connectivity index (χ3n) is 3.47. The normalized spacial score (nSPS) is 12.4. The molecule has 0 amide bonds. The summed E-state index contributed by atoms with van der Waals surface area (Å²) in [6.07, 6.45) is 0.766. The number of hydrogen-bond acceptors (Lipinski definition) is 3. The highest BCUT2D eigenvalue weighted by atomic mass is 16.5. The Balaban J connectivity index is 1.80. The smallest absolute Gasteiger partial charge is 0.175 e. The maximum absolute atomic E-state index is 5.69. The fourth-order valence-corrected chi connectivity index (χ4v) is 2.52. The lowest BCUT2D eigenvalue weighted by Crippen LogP contribution is -2.15. The summed E-state index contributed by atoms with van der Waals surface area (Å²) in [5.74, 6) is 2.69. The number of nitrogens with zero attached hydrogens (tertiary/aromatic N) is 3. The van der Waals surface area contributed by atoms with Crippen LogP contribution in [0.15, 0.2) is 54.6 Å². The van der Waals surface area contributed by atoms with E-state index < -0.39 is 0 Å². The van der Waals surface area contributed by atoms with E-state index in [0.29, 0.717) is 6.61 Å². The molecule has 4 heteroatoms. The zero-order valence-electron chi connectivity index (χ0n) is 10.9. The SMILES string of the molecule is c1ccc(Cc2nnc3n2-c2ccccc2OC3)cc1. The predicted molar refractivity (Wildman–Crippen MR) is 74.9 cm³/mol. The van der Waals surface area contributed by atoms with E-state index in [9.17, 15) is 0 Å². The lowest BCUT2D eigenvalue weighted by atomic mass is 10.1. The molecule has 1 aromatic heterocycles. The third kappa shape index (κ3) is 1.77. The summed E-state index contributed by atoms with van der Waals surface area (Å²) in [7, 11) is 0. The van der Waals surface area contributed by atoms with Crippen molar-refractivity contribution in [2.75, 3.05) is 0 Å².